The van der Waals surface area contributed by atoms with Gasteiger partial charge in [0, 0.05) is 31.7 Å². The quantitative estimate of drug-likeness (QED) is 0.867. The lowest BCUT2D eigenvalue weighted by molar-refractivity contribution is 0.105. The summed E-state index contributed by atoms with van der Waals surface area (Å²) >= 11 is 0. The maximum absolute atomic E-state index is 11.7. The number of carbonyl (C=O) groups is 1. The number of hydrogen-bond donors (Lipinski definition) is 1. The topological polar surface area (TPSA) is 84.6 Å². The Bertz CT molecular complexity index is 498. The van der Waals surface area contributed by atoms with Crippen molar-refractivity contribution in [2.24, 2.45) is 0 Å². The highest BCUT2D eigenvalue weighted by molar-refractivity contribution is 5.68. The Morgan fingerprint density at radius 2 is 1.90 bits per heavy atom. The summed E-state index contributed by atoms with van der Waals surface area (Å²) in [7, 11) is 0. The minimum atomic E-state index is -0.248. The molecular formula is C13H21N5O2. The molecule has 1 aliphatic rings. The Balaban J connectivity index is 2.06. The average molecular weight is 279 g/mol. The van der Waals surface area contributed by atoms with Crippen LogP contribution in [0.25, 0.3) is 0 Å². The normalized spacial score (nSPS) is 15.3. The molecule has 110 valence electrons. The van der Waals surface area contributed by atoms with Crippen molar-refractivity contribution in [3.8, 4) is 0 Å². The lowest BCUT2D eigenvalue weighted by Crippen LogP contribution is -2.49. The van der Waals surface area contributed by atoms with Crippen LogP contribution in [0.15, 0.2) is 0 Å². The molecule has 0 aromatic carbocycles. The fourth-order valence-corrected chi connectivity index (χ4v) is 2.26. The Hall–Kier alpha value is -2.05. The number of aromatic nitrogens is 2. The van der Waals surface area contributed by atoms with Gasteiger partial charge in [-0.25, -0.2) is 14.8 Å². The molecular weight excluding hydrogens is 258 g/mol. The monoisotopic (exact) mass is 279 g/mol. The number of nitrogens with zero attached hydrogens (tertiary/aromatic N) is 4. The highest BCUT2D eigenvalue weighted by atomic mass is 16.6. The van der Waals surface area contributed by atoms with E-state index in [9.17, 15) is 4.79 Å². The molecule has 0 unspecified atom stereocenters. The molecule has 2 N–H and O–H groups in total. The molecule has 7 heteroatoms. The van der Waals surface area contributed by atoms with Gasteiger partial charge >= 0.3 is 6.09 Å². The lowest BCUT2D eigenvalue weighted by atomic mass is 10.2. The van der Waals surface area contributed by atoms with E-state index in [-0.39, 0.29) is 6.09 Å². The fraction of sp³-hybridized carbons (Fsp3) is 0.615. The van der Waals surface area contributed by atoms with Gasteiger partial charge in [-0.3, -0.25) is 0 Å². The molecule has 1 aliphatic heterocycles. The number of anilines is 2. The van der Waals surface area contributed by atoms with Crippen molar-refractivity contribution in [1.82, 2.24) is 14.9 Å². The summed E-state index contributed by atoms with van der Waals surface area (Å²) in [5, 5.41) is 0. The number of ether oxygens (including phenoxy) is 1. The molecule has 0 aliphatic carbocycles. The van der Waals surface area contributed by atoms with E-state index >= 15 is 0 Å². The van der Waals surface area contributed by atoms with Crippen LogP contribution in [0.3, 0.4) is 0 Å². The number of aryl methyl sites for hydroxylation is 1. The molecule has 7 nitrogen and oxygen atoms in total. The summed E-state index contributed by atoms with van der Waals surface area (Å²) in [5.41, 5.74) is 6.77. The van der Waals surface area contributed by atoms with Crippen LogP contribution in [-0.4, -0.2) is 53.7 Å². The Kier molecular flexibility index (Phi) is 4.26. The number of rotatable bonds is 2. The number of nitrogen functional groups attached to an aromatic ring is 1. The fourth-order valence-electron chi connectivity index (χ4n) is 2.26. The maximum atomic E-state index is 11.7. The van der Waals surface area contributed by atoms with E-state index in [0.29, 0.717) is 31.3 Å². The van der Waals surface area contributed by atoms with Gasteiger partial charge in [0.1, 0.15) is 17.5 Å². The second kappa shape index (κ2) is 5.94. The SMILES string of the molecule is CCOC(=O)N1CCN(c2nc(C)nc(N)c2C)CC1. The average Bonchev–Trinajstić information content (AvgIpc) is 2.43. The highest BCUT2D eigenvalue weighted by Gasteiger charge is 2.24. The summed E-state index contributed by atoms with van der Waals surface area (Å²) in [6.45, 7) is 8.65. The van der Waals surface area contributed by atoms with Crippen molar-refractivity contribution in [1.29, 1.82) is 0 Å². The van der Waals surface area contributed by atoms with Crippen LogP contribution in [0, 0.1) is 13.8 Å². The van der Waals surface area contributed by atoms with Gasteiger partial charge in [0.2, 0.25) is 0 Å². The van der Waals surface area contributed by atoms with Gasteiger partial charge in [0.05, 0.1) is 6.61 Å². The molecule has 20 heavy (non-hydrogen) atoms. The van der Waals surface area contributed by atoms with Gasteiger partial charge in [-0.1, -0.05) is 0 Å². The van der Waals surface area contributed by atoms with Crippen molar-refractivity contribution in [2.75, 3.05) is 43.4 Å². The van der Waals surface area contributed by atoms with Crippen LogP contribution in [0.2, 0.25) is 0 Å². The van der Waals surface area contributed by atoms with E-state index in [2.05, 4.69) is 14.9 Å². The predicted molar refractivity (Wildman–Crippen MR) is 76.7 cm³/mol. The van der Waals surface area contributed by atoms with Gasteiger partial charge in [0.15, 0.2) is 0 Å². The van der Waals surface area contributed by atoms with Crippen molar-refractivity contribution in [2.45, 2.75) is 20.8 Å². The van der Waals surface area contributed by atoms with Gasteiger partial charge in [0.25, 0.3) is 0 Å². The minimum absolute atomic E-state index is 0.248. The highest BCUT2D eigenvalue weighted by Crippen LogP contribution is 2.22. The van der Waals surface area contributed by atoms with E-state index in [1.807, 2.05) is 20.8 Å². The van der Waals surface area contributed by atoms with E-state index < -0.39 is 0 Å². The van der Waals surface area contributed by atoms with Crippen LogP contribution in [0.4, 0.5) is 16.4 Å². The van der Waals surface area contributed by atoms with E-state index in [4.69, 9.17) is 10.5 Å². The predicted octanol–water partition coefficient (Wildman–Crippen LogP) is 0.954. The zero-order valence-corrected chi connectivity index (χ0v) is 12.2. The second-order valence-corrected chi connectivity index (χ2v) is 4.78. The molecule has 0 saturated carbocycles. The summed E-state index contributed by atoms with van der Waals surface area (Å²) < 4.78 is 5.01. The third-order valence-corrected chi connectivity index (χ3v) is 3.37. The molecule has 0 spiro atoms. The van der Waals surface area contributed by atoms with Crippen LogP contribution in [0.5, 0.6) is 0 Å². The molecule has 2 rings (SSSR count). The number of carbonyl (C=O) groups excluding carboxylic acids is 1. The van der Waals surface area contributed by atoms with E-state index in [1.165, 1.54) is 0 Å². The standard InChI is InChI=1S/C13H21N5O2/c1-4-20-13(19)18-7-5-17(6-8-18)12-9(2)11(14)15-10(3)16-12/h4-8H2,1-3H3,(H2,14,15,16). The first-order chi connectivity index (χ1) is 9.52. The molecule has 0 bridgehead atoms. The van der Waals surface area contributed by atoms with Crippen LogP contribution < -0.4 is 10.6 Å². The van der Waals surface area contributed by atoms with Crippen LogP contribution in [0.1, 0.15) is 18.3 Å². The summed E-state index contributed by atoms with van der Waals surface area (Å²) in [5.74, 6) is 2.04. The molecule has 1 amide bonds. The Labute approximate surface area is 118 Å². The first kappa shape index (κ1) is 14.4. The van der Waals surface area contributed by atoms with Crippen molar-refractivity contribution >= 4 is 17.7 Å². The zero-order chi connectivity index (χ0) is 14.7. The zero-order valence-electron chi connectivity index (χ0n) is 12.2. The number of piperazine rings is 1. The molecule has 2 heterocycles. The molecule has 1 fully saturated rings. The Morgan fingerprint density at radius 1 is 1.25 bits per heavy atom. The van der Waals surface area contributed by atoms with Crippen molar-refractivity contribution < 1.29 is 9.53 Å². The number of amides is 1. The first-order valence-electron chi connectivity index (χ1n) is 6.80. The van der Waals surface area contributed by atoms with Crippen LogP contribution in [-0.2, 0) is 4.74 Å². The Morgan fingerprint density at radius 3 is 2.50 bits per heavy atom. The third-order valence-electron chi connectivity index (χ3n) is 3.37. The number of hydrogen-bond acceptors (Lipinski definition) is 6. The van der Waals surface area contributed by atoms with Crippen LogP contribution >= 0.6 is 0 Å². The maximum Gasteiger partial charge on any atom is 0.409 e. The van der Waals surface area contributed by atoms with E-state index in [1.54, 1.807) is 4.90 Å². The van der Waals surface area contributed by atoms with Gasteiger partial charge in [-0.05, 0) is 20.8 Å². The summed E-state index contributed by atoms with van der Waals surface area (Å²) in [4.78, 5) is 24.1. The smallest absolute Gasteiger partial charge is 0.409 e. The van der Waals surface area contributed by atoms with Gasteiger partial charge in [-0.2, -0.15) is 0 Å². The largest absolute Gasteiger partial charge is 0.450 e. The van der Waals surface area contributed by atoms with E-state index in [0.717, 1.165) is 24.5 Å². The third kappa shape index (κ3) is 2.92. The first-order valence-corrected chi connectivity index (χ1v) is 6.80. The van der Waals surface area contributed by atoms with Gasteiger partial charge in [-0.15, -0.1) is 0 Å². The molecule has 1 aromatic rings. The lowest BCUT2D eigenvalue weighted by Gasteiger charge is -2.35. The minimum Gasteiger partial charge on any atom is -0.450 e. The number of nitrogens with two attached hydrogens (primary N) is 1. The molecule has 1 saturated heterocycles. The summed E-state index contributed by atoms with van der Waals surface area (Å²) in [6, 6.07) is 0. The second-order valence-electron chi connectivity index (χ2n) is 4.78. The molecule has 0 atom stereocenters. The summed E-state index contributed by atoms with van der Waals surface area (Å²) in [6.07, 6.45) is -0.248. The van der Waals surface area contributed by atoms with Crippen molar-refractivity contribution in [3.05, 3.63) is 11.4 Å². The van der Waals surface area contributed by atoms with Gasteiger partial charge < -0.3 is 20.3 Å². The molecule has 0 radical (unpaired) electrons. The molecule has 1 aromatic heterocycles. The van der Waals surface area contributed by atoms with Crippen molar-refractivity contribution in [3.63, 3.8) is 0 Å².